The lowest BCUT2D eigenvalue weighted by Gasteiger charge is -2.15. The molecule has 11 heteroatoms. The molecule has 0 aromatic carbocycles. The molecule has 8 nitrogen and oxygen atoms in total. The Hall–Kier alpha value is -2.14. The molecule has 2 heterocycles. The summed E-state index contributed by atoms with van der Waals surface area (Å²) < 4.78 is 36.5. The number of hydrazine groups is 1. The zero-order valence-electron chi connectivity index (χ0n) is 9.36. The number of nitrogens with zero attached hydrogens (tertiary/aromatic N) is 3. The molecule has 0 aliphatic heterocycles. The van der Waals surface area contributed by atoms with Gasteiger partial charge in [0, 0.05) is 0 Å². The quantitative estimate of drug-likeness (QED) is 0.392. The van der Waals surface area contributed by atoms with Crippen LogP contribution in [0.2, 0.25) is 0 Å². The van der Waals surface area contributed by atoms with Gasteiger partial charge in [0.15, 0.2) is 11.8 Å². The van der Waals surface area contributed by atoms with Crippen LogP contribution in [0, 0.1) is 0 Å². The number of nitrogens with one attached hydrogen (secondary N) is 3. The summed E-state index contributed by atoms with van der Waals surface area (Å²) in [5, 5.41) is 17.9. The third-order valence-electron chi connectivity index (χ3n) is 2.28. The zero-order valence-corrected chi connectivity index (χ0v) is 9.36. The Balaban J connectivity index is 2.22. The number of alkyl halides is 3. The number of aliphatic hydroxyl groups excluding tert-OH is 1. The van der Waals surface area contributed by atoms with E-state index < -0.39 is 18.8 Å². The summed E-state index contributed by atoms with van der Waals surface area (Å²) in [6.45, 7) is -0.745. The van der Waals surface area contributed by atoms with Crippen LogP contribution in [0.25, 0.3) is 11.0 Å². The Morgan fingerprint density at radius 2 is 2.16 bits per heavy atom. The predicted molar refractivity (Wildman–Crippen MR) is 60.0 cm³/mol. The van der Waals surface area contributed by atoms with Gasteiger partial charge in [0.25, 0.3) is 0 Å². The smallest absolute Gasteiger partial charge is 0.382 e. The second kappa shape index (κ2) is 4.85. The Morgan fingerprint density at radius 1 is 1.42 bits per heavy atom. The average Bonchev–Trinajstić information content (AvgIpc) is 2.82. The Morgan fingerprint density at radius 3 is 2.79 bits per heavy atom. The molecule has 2 aromatic rings. The van der Waals surface area contributed by atoms with Gasteiger partial charge in [0.05, 0.1) is 18.1 Å². The molecule has 0 amide bonds. The standard InChI is InChI=1S/C8H10F3N7O/c9-8(10,11)4(19)2-13-5-3-1-14-18-6(3)16-7(15-5)17-12/h1,4,19H,2,12H2,(H3,13,14,15,16,17,18). The highest BCUT2D eigenvalue weighted by molar-refractivity contribution is 5.86. The lowest BCUT2D eigenvalue weighted by molar-refractivity contribution is -0.198. The number of rotatable bonds is 4. The zero-order chi connectivity index (χ0) is 14.0. The van der Waals surface area contributed by atoms with Gasteiger partial charge in [0.2, 0.25) is 5.95 Å². The second-order valence-electron chi connectivity index (χ2n) is 3.61. The number of nitrogen functional groups attached to an aromatic ring is 1. The molecule has 0 fully saturated rings. The van der Waals surface area contributed by atoms with Crippen molar-refractivity contribution in [3.8, 4) is 0 Å². The molecule has 2 aromatic heterocycles. The maximum absolute atomic E-state index is 12.2. The van der Waals surface area contributed by atoms with Crippen LogP contribution < -0.4 is 16.6 Å². The van der Waals surface area contributed by atoms with Gasteiger partial charge < -0.3 is 10.4 Å². The van der Waals surface area contributed by atoms with Crippen LogP contribution in [0.1, 0.15) is 0 Å². The summed E-state index contributed by atoms with van der Waals surface area (Å²) in [6.07, 6.45) is -5.86. The highest BCUT2D eigenvalue weighted by Gasteiger charge is 2.38. The van der Waals surface area contributed by atoms with Gasteiger partial charge in [-0.1, -0.05) is 0 Å². The largest absolute Gasteiger partial charge is 0.416 e. The summed E-state index contributed by atoms with van der Waals surface area (Å²) in [4.78, 5) is 7.75. The number of fused-ring (bicyclic) bond motifs is 1. The topological polar surface area (TPSA) is 125 Å². The first-order valence-corrected chi connectivity index (χ1v) is 5.08. The molecule has 0 aliphatic rings. The molecule has 0 saturated heterocycles. The third-order valence-corrected chi connectivity index (χ3v) is 2.28. The van der Waals surface area contributed by atoms with Gasteiger partial charge in [-0.15, -0.1) is 0 Å². The molecule has 1 atom stereocenters. The number of hydrogen-bond donors (Lipinski definition) is 5. The highest BCUT2D eigenvalue weighted by Crippen LogP contribution is 2.23. The molecule has 1 unspecified atom stereocenters. The van der Waals surface area contributed by atoms with Gasteiger partial charge >= 0.3 is 6.18 Å². The van der Waals surface area contributed by atoms with Crippen LogP contribution in [0.15, 0.2) is 6.20 Å². The number of hydrogen-bond acceptors (Lipinski definition) is 7. The van der Waals surface area contributed by atoms with E-state index in [0.717, 1.165) is 0 Å². The first-order chi connectivity index (χ1) is 8.91. The number of aromatic amines is 1. The Bertz CT molecular complexity index is 569. The monoisotopic (exact) mass is 277 g/mol. The molecular formula is C8H10F3N7O. The number of aliphatic hydroxyl groups is 1. The summed E-state index contributed by atoms with van der Waals surface area (Å²) in [5.41, 5.74) is 2.47. The van der Waals surface area contributed by atoms with Gasteiger partial charge in [-0.25, -0.2) is 5.84 Å². The molecule has 104 valence electrons. The fraction of sp³-hybridized carbons (Fsp3) is 0.375. The summed E-state index contributed by atoms with van der Waals surface area (Å²) in [6, 6.07) is 0. The molecule has 0 radical (unpaired) electrons. The first-order valence-electron chi connectivity index (χ1n) is 5.08. The van der Waals surface area contributed by atoms with Crippen molar-refractivity contribution in [3.63, 3.8) is 0 Å². The van der Waals surface area contributed by atoms with Crippen LogP contribution in [-0.4, -0.2) is 44.1 Å². The third kappa shape index (κ3) is 2.82. The van der Waals surface area contributed by atoms with E-state index in [2.05, 4.69) is 30.9 Å². The number of halogens is 3. The van der Waals surface area contributed by atoms with E-state index in [1.165, 1.54) is 6.20 Å². The van der Waals surface area contributed by atoms with Crippen LogP contribution in [0.5, 0.6) is 0 Å². The molecular weight excluding hydrogens is 267 g/mol. The van der Waals surface area contributed by atoms with Crippen molar-refractivity contribution in [2.75, 3.05) is 17.3 Å². The summed E-state index contributed by atoms with van der Waals surface area (Å²) in [5.74, 6) is 5.22. The Labute approximate surface area is 104 Å². The fourth-order valence-corrected chi connectivity index (χ4v) is 1.34. The van der Waals surface area contributed by atoms with E-state index in [-0.39, 0.29) is 11.8 Å². The van der Waals surface area contributed by atoms with Crippen LogP contribution in [0.3, 0.4) is 0 Å². The first kappa shape index (κ1) is 13.3. The van der Waals surface area contributed by atoms with Crippen molar-refractivity contribution in [3.05, 3.63) is 6.20 Å². The number of H-pyrrole nitrogens is 1. The SMILES string of the molecule is NNc1nc(NCC(O)C(F)(F)F)c2cn[nH]c2n1. The Kier molecular flexibility index (Phi) is 3.40. The molecule has 0 spiro atoms. The molecule has 0 saturated carbocycles. The maximum atomic E-state index is 12.2. The number of anilines is 2. The minimum Gasteiger partial charge on any atom is -0.382 e. The molecule has 19 heavy (non-hydrogen) atoms. The lowest BCUT2D eigenvalue weighted by atomic mass is 10.3. The fourth-order valence-electron chi connectivity index (χ4n) is 1.34. The number of aromatic nitrogens is 4. The van der Waals surface area contributed by atoms with E-state index in [1.54, 1.807) is 0 Å². The van der Waals surface area contributed by atoms with E-state index in [4.69, 9.17) is 10.9 Å². The maximum Gasteiger partial charge on any atom is 0.416 e. The van der Waals surface area contributed by atoms with Crippen LogP contribution >= 0.6 is 0 Å². The summed E-state index contributed by atoms with van der Waals surface area (Å²) in [7, 11) is 0. The molecule has 0 aliphatic carbocycles. The van der Waals surface area contributed by atoms with Crippen molar-refractivity contribution in [2.45, 2.75) is 12.3 Å². The minimum absolute atomic E-state index is 0.000693. The predicted octanol–water partition coefficient (Wildman–Crippen LogP) is -0.0264. The van der Waals surface area contributed by atoms with Crippen molar-refractivity contribution >= 4 is 22.8 Å². The number of nitrogens with two attached hydrogens (primary N) is 1. The van der Waals surface area contributed by atoms with Crippen molar-refractivity contribution in [2.24, 2.45) is 5.84 Å². The van der Waals surface area contributed by atoms with E-state index in [9.17, 15) is 13.2 Å². The van der Waals surface area contributed by atoms with Crippen molar-refractivity contribution in [1.29, 1.82) is 0 Å². The van der Waals surface area contributed by atoms with Crippen LogP contribution in [-0.2, 0) is 0 Å². The van der Waals surface area contributed by atoms with Gasteiger partial charge in [0.1, 0.15) is 5.82 Å². The van der Waals surface area contributed by atoms with Crippen LogP contribution in [0.4, 0.5) is 24.9 Å². The average molecular weight is 277 g/mol. The molecule has 6 N–H and O–H groups in total. The van der Waals surface area contributed by atoms with E-state index in [1.807, 2.05) is 0 Å². The highest BCUT2D eigenvalue weighted by atomic mass is 19.4. The second-order valence-corrected chi connectivity index (χ2v) is 3.61. The van der Waals surface area contributed by atoms with Crippen molar-refractivity contribution < 1.29 is 18.3 Å². The van der Waals surface area contributed by atoms with Gasteiger partial charge in [-0.2, -0.15) is 28.2 Å². The van der Waals surface area contributed by atoms with E-state index >= 15 is 0 Å². The minimum atomic E-state index is -4.70. The van der Waals surface area contributed by atoms with Gasteiger partial charge in [-0.3, -0.25) is 10.5 Å². The van der Waals surface area contributed by atoms with E-state index in [0.29, 0.717) is 11.0 Å². The summed E-state index contributed by atoms with van der Waals surface area (Å²) >= 11 is 0. The lowest BCUT2D eigenvalue weighted by Crippen LogP contribution is -2.35. The molecule has 0 bridgehead atoms. The normalized spacial score (nSPS) is 13.5. The van der Waals surface area contributed by atoms with Gasteiger partial charge in [-0.05, 0) is 0 Å². The van der Waals surface area contributed by atoms with Crippen molar-refractivity contribution in [1.82, 2.24) is 20.2 Å². The molecule has 2 rings (SSSR count).